The number of sulfonamides is 1. The average molecular weight is 265 g/mol. The highest BCUT2D eigenvalue weighted by Crippen LogP contribution is 2.11. The number of carboxylic acids is 1. The molecule has 0 fully saturated rings. The largest absolute Gasteiger partial charge is 0.481 e. The standard InChI is InChI=1S/C11H23NO4S/c1-4-5-6-17(15,16)12-8-10(11(13)14)7-9(2)3/h9-10,12H,4-8H2,1-3H3,(H,13,14). The van der Waals surface area contributed by atoms with Crippen LogP contribution < -0.4 is 4.72 Å². The fourth-order valence-electron chi connectivity index (χ4n) is 1.47. The lowest BCUT2D eigenvalue weighted by atomic mass is 9.98. The summed E-state index contributed by atoms with van der Waals surface area (Å²) in [5.74, 6) is -1.29. The van der Waals surface area contributed by atoms with Crippen LogP contribution in [0.1, 0.15) is 40.0 Å². The second kappa shape index (κ2) is 7.66. The summed E-state index contributed by atoms with van der Waals surface area (Å²) in [6, 6.07) is 0. The fraction of sp³-hybridized carbons (Fsp3) is 0.909. The van der Waals surface area contributed by atoms with Crippen molar-refractivity contribution in [3.63, 3.8) is 0 Å². The molecule has 0 amide bonds. The summed E-state index contributed by atoms with van der Waals surface area (Å²) in [5.41, 5.74) is 0. The highest BCUT2D eigenvalue weighted by atomic mass is 32.2. The molecule has 1 unspecified atom stereocenters. The topological polar surface area (TPSA) is 83.5 Å². The third-order valence-electron chi connectivity index (χ3n) is 2.42. The van der Waals surface area contributed by atoms with Crippen LogP contribution in [-0.2, 0) is 14.8 Å². The molecule has 2 N–H and O–H groups in total. The number of carbonyl (C=O) groups is 1. The molecular weight excluding hydrogens is 242 g/mol. The Hall–Kier alpha value is -0.620. The van der Waals surface area contributed by atoms with Crippen LogP contribution in [0, 0.1) is 11.8 Å². The Morgan fingerprint density at radius 2 is 1.94 bits per heavy atom. The van der Waals surface area contributed by atoms with Crippen molar-refractivity contribution >= 4 is 16.0 Å². The second-order valence-corrected chi connectivity index (χ2v) is 6.61. The highest BCUT2D eigenvalue weighted by molar-refractivity contribution is 7.89. The van der Waals surface area contributed by atoms with Gasteiger partial charge in [0, 0.05) is 6.54 Å². The van der Waals surface area contributed by atoms with Gasteiger partial charge in [-0.2, -0.15) is 0 Å². The molecule has 17 heavy (non-hydrogen) atoms. The van der Waals surface area contributed by atoms with Crippen molar-refractivity contribution in [1.82, 2.24) is 4.72 Å². The molecule has 0 heterocycles. The molecule has 0 aromatic carbocycles. The first-order valence-corrected chi connectivity index (χ1v) is 7.63. The van der Waals surface area contributed by atoms with Crippen LogP contribution in [-0.4, -0.2) is 31.8 Å². The van der Waals surface area contributed by atoms with Gasteiger partial charge in [0.1, 0.15) is 0 Å². The zero-order chi connectivity index (χ0) is 13.5. The molecule has 0 aliphatic carbocycles. The molecule has 0 bridgehead atoms. The number of carboxylic acid groups (broad SMARTS) is 1. The summed E-state index contributed by atoms with van der Waals surface area (Å²) >= 11 is 0. The number of nitrogens with one attached hydrogen (secondary N) is 1. The van der Waals surface area contributed by atoms with E-state index < -0.39 is 21.9 Å². The minimum Gasteiger partial charge on any atom is -0.481 e. The molecule has 0 spiro atoms. The van der Waals surface area contributed by atoms with Crippen molar-refractivity contribution in [1.29, 1.82) is 0 Å². The number of rotatable bonds is 9. The third-order valence-corrected chi connectivity index (χ3v) is 3.85. The van der Waals surface area contributed by atoms with E-state index in [1.807, 2.05) is 20.8 Å². The first-order valence-electron chi connectivity index (χ1n) is 5.98. The van der Waals surface area contributed by atoms with Gasteiger partial charge in [-0.3, -0.25) is 4.79 Å². The van der Waals surface area contributed by atoms with Crippen LogP contribution in [0.15, 0.2) is 0 Å². The zero-order valence-electron chi connectivity index (χ0n) is 10.8. The third kappa shape index (κ3) is 8.15. The smallest absolute Gasteiger partial charge is 0.307 e. The van der Waals surface area contributed by atoms with Crippen LogP contribution in [0.3, 0.4) is 0 Å². The van der Waals surface area contributed by atoms with Crippen molar-refractivity contribution in [2.45, 2.75) is 40.0 Å². The maximum absolute atomic E-state index is 11.5. The van der Waals surface area contributed by atoms with E-state index in [0.29, 0.717) is 12.8 Å². The van der Waals surface area contributed by atoms with Gasteiger partial charge in [-0.05, 0) is 18.8 Å². The van der Waals surface area contributed by atoms with Gasteiger partial charge in [-0.25, -0.2) is 13.1 Å². The molecule has 0 aliphatic heterocycles. The monoisotopic (exact) mass is 265 g/mol. The minimum atomic E-state index is -3.32. The lowest BCUT2D eigenvalue weighted by molar-refractivity contribution is -0.142. The summed E-state index contributed by atoms with van der Waals surface area (Å²) in [6.07, 6.45) is 1.87. The molecule has 6 heteroatoms. The maximum atomic E-state index is 11.5. The van der Waals surface area contributed by atoms with Crippen molar-refractivity contribution in [2.75, 3.05) is 12.3 Å². The van der Waals surface area contributed by atoms with Gasteiger partial charge >= 0.3 is 5.97 Å². The molecule has 102 valence electrons. The molecule has 1 atom stereocenters. The van der Waals surface area contributed by atoms with E-state index in [0.717, 1.165) is 6.42 Å². The Bertz CT molecular complexity index is 324. The maximum Gasteiger partial charge on any atom is 0.307 e. The summed E-state index contributed by atoms with van der Waals surface area (Å²) in [7, 11) is -3.32. The summed E-state index contributed by atoms with van der Waals surface area (Å²) in [4.78, 5) is 10.9. The van der Waals surface area contributed by atoms with E-state index in [-0.39, 0.29) is 18.2 Å². The predicted octanol–water partition coefficient (Wildman–Crippen LogP) is 1.45. The molecule has 0 aromatic rings. The molecule has 5 nitrogen and oxygen atoms in total. The zero-order valence-corrected chi connectivity index (χ0v) is 11.6. The first-order chi connectivity index (χ1) is 7.78. The summed E-state index contributed by atoms with van der Waals surface area (Å²) in [5, 5.41) is 8.96. The Morgan fingerprint density at radius 1 is 1.35 bits per heavy atom. The summed E-state index contributed by atoms with van der Waals surface area (Å²) < 4.78 is 25.4. The minimum absolute atomic E-state index is 0.0143. The predicted molar refractivity (Wildman–Crippen MR) is 67.3 cm³/mol. The second-order valence-electron chi connectivity index (χ2n) is 4.69. The van der Waals surface area contributed by atoms with Crippen LogP contribution in [0.2, 0.25) is 0 Å². The van der Waals surface area contributed by atoms with Gasteiger partial charge in [0.05, 0.1) is 11.7 Å². The van der Waals surface area contributed by atoms with E-state index in [2.05, 4.69) is 4.72 Å². The first kappa shape index (κ1) is 16.4. The van der Waals surface area contributed by atoms with Gasteiger partial charge in [0.2, 0.25) is 10.0 Å². The number of hydrogen-bond acceptors (Lipinski definition) is 3. The van der Waals surface area contributed by atoms with Gasteiger partial charge in [0.25, 0.3) is 0 Å². The molecule has 0 aromatic heterocycles. The molecule has 0 rings (SSSR count). The SMILES string of the molecule is CCCCS(=O)(=O)NCC(CC(C)C)C(=O)O. The molecule has 0 radical (unpaired) electrons. The molecule has 0 aliphatic rings. The van der Waals surface area contributed by atoms with Crippen molar-refractivity contribution < 1.29 is 18.3 Å². The molecule has 0 saturated heterocycles. The lowest BCUT2D eigenvalue weighted by Crippen LogP contribution is -2.35. The number of unbranched alkanes of at least 4 members (excludes halogenated alkanes) is 1. The van der Waals surface area contributed by atoms with Crippen LogP contribution >= 0.6 is 0 Å². The van der Waals surface area contributed by atoms with E-state index >= 15 is 0 Å². The Balaban J connectivity index is 4.25. The van der Waals surface area contributed by atoms with E-state index in [1.54, 1.807) is 0 Å². The van der Waals surface area contributed by atoms with E-state index in [4.69, 9.17) is 5.11 Å². The Morgan fingerprint density at radius 3 is 2.35 bits per heavy atom. The van der Waals surface area contributed by atoms with Crippen molar-refractivity contribution in [2.24, 2.45) is 11.8 Å². The normalized spacial score (nSPS) is 13.9. The Kier molecular flexibility index (Phi) is 7.38. The fourth-order valence-corrected chi connectivity index (χ4v) is 2.74. The van der Waals surface area contributed by atoms with Crippen LogP contribution in [0.4, 0.5) is 0 Å². The van der Waals surface area contributed by atoms with E-state index in [1.165, 1.54) is 0 Å². The van der Waals surface area contributed by atoms with Gasteiger partial charge in [-0.1, -0.05) is 27.2 Å². The highest BCUT2D eigenvalue weighted by Gasteiger charge is 2.21. The quantitative estimate of drug-likeness (QED) is 0.661. The lowest BCUT2D eigenvalue weighted by Gasteiger charge is -2.15. The molecule has 0 saturated carbocycles. The molecular formula is C11H23NO4S. The van der Waals surface area contributed by atoms with Gasteiger partial charge < -0.3 is 5.11 Å². The number of aliphatic carboxylic acids is 1. The van der Waals surface area contributed by atoms with Gasteiger partial charge in [-0.15, -0.1) is 0 Å². The van der Waals surface area contributed by atoms with Gasteiger partial charge in [0.15, 0.2) is 0 Å². The number of hydrogen-bond donors (Lipinski definition) is 2. The average Bonchev–Trinajstić information content (AvgIpc) is 2.20. The van der Waals surface area contributed by atoms with Crippen molar-refractivity contribution in [3.8, 4) is 0 Å². The van der Waals surface area contributed by atoms with Crippen molar-refractivity contribution in [3.05, 3.63) is 0 Å². The summed E-state index contributed by atoms with van der Waals surface area (Å²) in [6.45, 7) is 5.73. The van der Waals surface area contributed by atoms with Crippen LogP contribution in [0.25, 0.3) is 0 Å². The van der Waals surface area contributed by atoms with Crippen LogP contribution in [0.5, 0.6) is 0 Å². The Labute approximate surface area is 104 Å². The van der Waals surface area contributed by atoms with E-state index in [9.17, 15) is 13.2 Å².